The van der Waals surface area contributed by atoms with E-state index in [0.717, 1.165) is 11.3 Å². The predicted molar refractivity (Wildman–Crippen MR) is 93.9 cm³/mol. The third-order valence-electron chi connectivity index (χ3n) is 3.82. The van der Waals surface area contributed by atoms with Crippen molar-refractivity contribution < 1.29 is 23.0 Å². The maximum atomic E-state index is 12.6. The molecule has 0 aliphatic rings. The van der Waals surface area contributed by atoms with Crippen LogP contribution in [0.5, 0.6) is 11.5 Å². The minimum atomic E-state index is -2.94. The lowest BCUT2D eigenvalue weighted by Crippen LogP contribution is -2.25. The van der Waals surface area contributed by atoms with Crippen LogP contribution in [-0.4, -0.2) is 31.6 Å². The third kappa shape index (κ3) is 4.69. The molecule has 0 aliphatic heterocycles. The van der Waals surface area contributed by atoms with E-state index >= 15 is 0 Å². The molecule has 1 amide bonds. The first-order valence-electron chi connectivity index (χ1n) is 7.82. The molecule has 0 atom stereocenters. The fourth-order valence-corrected chi connectivity index (χ4v) is 3.63. The smallest absolute Gasteiger partial charge is 0.387 e. The summed E-state index contributed by atoms with van der Waals surface area (Å²) in [6, 6.07) is 6.65. The normalized spacial score (nSPS) is 10.8. The number of ether oxygens (including phenoxy) is 2. The fraction of sp³-hybridized carbons (Fsp3) is 0.389. The third-order valence-corrected chi connectivity index (χ3v) is 4.90. The Bertz CT molecular complexity index is 746. The SMILES string of the molecule is CCc1cc(C(=O)N(C)Cc2ccc(OC)c(OC(F)F)c2)sc1C. The Balaban J connectivity index is 2.16. The molecule has 0 saturated heterocycles. The number of carbonyl (C=O) groups is 1. The molecule has 2 rings (SSSR count). The summed E-state index contributed by atoms with van der Waals surface area (Å²) in [6.45, 7) is 1.39. The summed E-state index contributed by atoms with van der Waals surface area (Å²) in [6.07, 6.45) is 0.881. The summed E-state index contributed by atoms with van der Waals surface area (Å²) in [7, 11) is 3.06. The second-order valence-electron chi connectivity index (χ2n) is 5.57. The van der Waals surface area contributed by atoms with Gasteiger partial charge in [-0.25, -0.2) is 0 Å². The van der Waals surface area contributed by atoms with Crippen LogP contribution in [0.3, 0.4) is 0 Å². The Morgan fingerprint density at radius 3 is 2.56 bits per heavy atom. The van der Waals surface area contributed by atoms with Gasteiger partial charge in [0, 0.05) is 18.5 Å². The number of methoxy groups -OCH3 is 1. The van der Waals surface area contributed by atoms with Crippen LogP contribution in [0.15, 0.2) is 24.3 Å². The molecule has 1 aromatic heterocycles. The van der Waals surface area contributed by atoms with Crippen molar-refractivity contribution >= 4 is 17.2 Å². The van der Waals surface area contributed by atoms with Gasteiger partial charge in [0.2, 0.25) is 0 Å². The largest absolute Gasteiger partial charge is 0.493 e. The zero-order valence-electron chi connectivity index (χ0n) is 14.6. The van der Waals surface area contributed by atoms with E-state index < -0.39 is 6.61 Å². The highest BCUT2D eigenvalue weighted by Crippen LogP contribution is 2.30. The lowest BCUT2D eigenvalue weighted by Gasteiger charge is -2.18. The first-order chi connectivity index (χ1) is 11.8. The van der Waals surface area contributed by atoms with Gasteiger partial charge in [0.25, 0.3) is 5.91 Å². The summed E-state index contributed by atoms with van der Waals surface area (Å²) < 4.78 is 34.5. The average molecular weight is 369 g/mol. The highest BCUT2D eigenvalue weighted by molar-refractivity contribution is 7.14. The van der Waals surface area contributed by atoms with Crippen molar-refractivity contribution in [3.8, 4) is 11.5 Å². The molecule has 0 radical (unpaired) electrons. The molecule has 1 heterocycles. The number of alkyl halides is 2. The summed E-state index contributed by atoms with van der Waals surface area (Å²) in [5, 5.41) is 0. The molecule has 0 bridgehead atoms. The Labute approximate surface area is 150 Å². The first kappa shape index (κ1) is 19.2. The van der Waals surface area contributed by atoms with Crippen LogP contribution in [0.4, 0.5) is 8.78 Å². The van der Waals surface area contributed by atoms with Gasteiger partial charge in [-0.05, 0) is 42.7 Å². The maximum absolute atomic E-state index is 12.6. The first-order valence-corrected chi connectivity index (χ1v) is 8.63. The Morgan fingerprint density at radius 2 is 2.00 bits per heavy atom. The number of aryl methyl sites for hydroxylation is 2. The summed E-state index contributed by atoms with van der Waals surface area (Å²) >= 11 is 1.47. The Hall–Kier alpha value is -2.15. The molecule has 0 fully saturated rings. The van der Waals surface area contributed by atoms with Crippen LogP contribution in [0.1, 0.15) is 32.6 Å². The van der Waals surface area contributed by atoms with Crippen molar-refractivity contribution in [1.82, 2.24) is 4.90 Å². The number of amides is 1. The lowest BCUT2D eigenvalue weighted by molar-refractivity contribution is -0.0512. The predicted octanol–water partition coefficient (Wildman–Crippen LogP) is 4.50. The summed E-state index contributed by atoms with van der Waals surface area (Å²) in [4.78, 5) is 15.9. The average Bonchev–Trinajstić information content (AvgIpc) is 2.94. The number of thiophene rings is 1. The number of benzene rings is 1. The van der Waals surface area contributed by atoms with Crippen molar-refractivity contribution in [3.05, 3.63) is 45.1 Å². The fourth-order valence-electron chi connectivity index (χ4n) is 2.52. The van der Waals surface area contributed by atoms with Crippen LogP contribution >= 0.6 is 11.3 Å². The van der Waals surface area contributed by atoms with Gasteiger partial charge in [-0.1, -0.05) is 13.0 Å². The van der Waals surface area contributed by atoms with E-state index in [0.29, 0.717) is 10.4 Å². The van der Waals surface area contributed by atoms with Crippen molar-refractivity contribution in [2.24, 2.45) is 0 Å². The lowest BCUT2D eigenvalue weighted by atomic mass is 10.1. The molecule has 0 saturated carbocycles. The summed E-state index contributed by atoms with van der Waals surface area (Å²) in [5.74, 6) is 0.0792. The highest BCUT2D eigenvalue weighted by Gasteiger charge is 2.17. The van der Waals surface area contributed by atoms with Gasteiger partial charge in [-0.15, -0.1) is 11.3 Å². The van der Waals surface area contributed by atoms with E-state index in [1.54, 1.807) is 24.1 Å². The molecular formula is C18H21F2NO3S. The van der Waals surface area contributed by atoms with Crippen molar-refractivity contribution in [3.63, 3.8) is 0 Å². The molecule has 0 N–H and O–H groups in total. The topological polar surface area (TPSA) is 38.8 Å². The molecule has 4 nitrogen and oxygen atoms in total. The zero-order valence-corrected chi connectivity index (χ0v) is 15.5. The van der Waals surface area contributed by atoms with E-state index in [9.17, 15) is 13.6 Å². The number of hydrogen-bond acceptors (Lipinski definition) is 4. The highest BCUT2D eigenvalue weighted by atomic mass is 32.1. The van der Waals surface area contributed by atoms with Crippen LogP contribution in [-0.2, 0) is 13.0 Å². The van der Waals surface area contributed by atoms with Gasteiger partial charge in [0.1, 0.15) is 0 Å². The minimum Gasteiger partial charge on any atom is -0.493 e. The van der Waals surface area contributed by atoms with Gasteiger partial charge < -0.3 is 14.4 Å². The van der Waals surface area contributed by atoms with Crippen molar-refractivity contribution in [1.29, 1.82) is 0 Å². The number of carbonyl (C=O) groups excluding carboxylic acids is 1. The standard InChI is InChI=1S/C18H21F2NO3S/c1-5-13-9-16(25-11(13)2)17(22)21(3)10-12-6-7-14(23-4)15(8-12)24-18(19)20/h6-9,18H,5,10H2,1-4H3. The number of rotatable bonds is 7. The van der Waals surface area contributed by atoms with Crippen molar-refractivity contribution in [2.75, 3.05) is 14.2 Å². The number of nitrogens with zero attached hydrogens (tertiary/aromatic N) is 1. The molecule has 7 heteroatoms. The minimum absolute atomic E-state index is 0.0453. The Morgan fingerprint density at radius 1 is 1.28 bits per heavy atom. The Kier molecular flexibility index (Phi) is 6.36. The van der Waals surface area contributed by atoms with Crippen molar-refractivity contribution in [2.45, 2.75) is 33.4 Å². The monoisotopic (exact) mass is 369 g/mol. The van der Waals surface area contributed by atoms with Crippen LogP contribution < -0.4 is 9.47 Å². The molecule has 2 aromatic rings. The zero-order chi connectivity index (χ0) is 18.6. The number of halogens is 2. The van der Waals surface area contributed by atoms with E-state index in [1.807, 2.05) is 13.0 Å². The molecule has 136 valence electrons. The molecular weight excluding hydrogens is 348 g/mol. The van der Waals surface area contributed by atoms with Crippen LogP contribution in [0.2, 0.25) is 0 Å². The van der Waals surface area contributed by atoms with Gasteiger partial charge in [-0.2, -0.15) is 8.78 Å². The molecule has 1 aromatic carbocycles. The molecule has 0 aliphatic carbocycles. The van der Waals surface area contributed by atoms with Gasteiger partial charge in [0.15, 0.2) is 11.5 Å². The van der Waals surface area contributed by atoms with E-state index in [1.165, 1.54) is 30.1 Å². The van der Waals surface area contributed by atoms with Crippen LogP contribution in [0, 0.1) is 6.92 Å². The molecule has 25 heavy (non-hydrogen) atoms. The second-order valence-corrected chi connectivity index (χ2v) is 6.83. The van der Waals surface area contributed by atoms with Crippen LogP contribution in [0.25, 0.3) is 0 Å². The van der Waals surface area contributed by atoms with E-state index in [2.05, 4.69) is 11.7 Å². The van der Waals surface area contributed by atoms with Gasteiger partial charge in [-0.3, -0.25) is 4.79 Å². The van der Waals surface area contributed by atoms with Gasteiger partial charge in [0.05, 0.1) is 12.0 Å². The van der Waals surface area contributed by atoms with E-state index in [-0.39, 0.29) is 24.0 Å². The maximum Gasteiger partial charge on any atom is 0.387 e. The second kappa shape index (κ2) is 8.29. The number of hydrogen-bond donors (Lipinski definition) is 0. The molecule has 0 unspecified atom stereocenters. The quantitative estimate of drug-likeness (QED) is 0.721. The van der Waals surface area contributed by atoms with E-state index in [4.69, 9.17) is 4.74 Å². The molecule has 0 spiro atoms. The van der Waals surface area contributed by atoms with Gasteiger partial charge >= 0.3 is 6.61 Å². The summed E-state index contributed by atoms with van der Waals surface area (Å²) in [5.41, 5.74) is 1.84.